The Morgan fingerprint density at radius 3 is 2.88 bits per heavy atom. The van der Waals surface area contributed by atoms with Gasteiger partial charge in [0.25, 0.3) is 5.91 Å². The fraction of sp³-hybridized carbons (Fsp3) is 0.348. The van der Waals surface area contributed by atoms with Crippen molar-refractivity contribution in [3.8, 4) is 0 Å². The maximum Gasteiger partial charge on any atom is 0.277 e. The van der Waals surface area contributed by atoms with Crippen molar-refractivity contribution >= 4 is 61.6 Å². The van der Waals surface area contributed by atoms with Gasteiger partial charge in [-0.25, -0.2) is 4.98 Å². The maximum atomic E-state index is 12.9. The molecule has 3 aromatic heterocycles. The molecule has 4 aromatic rings. The van der Waals surface area contributed by atoms with E-state index in [1.807, 2.05) is 37.4 Å². The number of carbonyl (C=O) groups is 1. The summed E-state index contributed by atoms with van der Waals surface area (Å²) in [4.78, 5) is 19.8. The number of carbonyl (C=O) groups excluding carboxylic acids is 1. The molecule has 8 nitrogen and oxygen atoms in total. The number of aliphatic hydroxyl groups excluding tert-OH is 1. The van der Waals surface area contributed by atoms with Crippen LogP contribution in [-0.2, 0) is 13.6 Å². The van der Waals surface area contributed by atoms with Crippen molar-refractivity contribution in [1.82, 2.24) is 19.7 Å². The Labute approximate surface area is 210 Å². The summed E-state index contributed by atoms with van der Waals surface area (Å²) in [5.41, 5.74) is 3.22. The van der Waals surface area contributed by atoms with Crippen molar-refractivity contribution in [2.45, 2.75) is 23.6 Å². The minimum absolute atomic E-state index is 0.258. The van der Waals surface area contributed by atoms with Gasteiger partial charge >= 0.3 is 0 Å². The van der Waals surface area contributed by atoms with Crippen molar-refractivity contribution < 1.29 is 9.90 Å². The van der Waals surface area contributed by atoms with Gasteiger partial charge in [0.2, 0.25) is 0 Å². The van der Waals surface area contributed by atoms with Gasteiger partial charge in [-0.1, -0.05) is 17.4 Å². The summed E-state index contributed by atoms with van der Waals surface area (Å²) in [6.07, 6.45) is 2.01. The number of fused-ring (bicyclic) bond motifs is 1. The largest absolute Gasteiger partial charge is 0.396 e. The molecule has 1 aliphatic heterocycles. The molecule has 0 spiro atoms. The van der Waals surface area contributed by atoms with E-state index >= 15 is 0 Å². The summed E-state index contributed by atoms with van der Waals surface area (Å²) >= 11 is 4.72. The lowest BCUT2D eigenvalue weighted by atomic mass is 9.98. The van der Waals surface area contributed by atoms with Crippen LogP contribution >= 0.6 is 34.6 Å². The van der Waals surface area contributed by atoms with Crippen LogP contribution in [0.2, 0.25) is 0 Å². The third-order valence-corrected chi connectivity index (χ3v) is 8.74. The summed E-state index contributed by atoms with van der Waals surface area (Å²) in [5, 5.41) is 19.3. The maximum absolute atomic E-state index is 12.9. The Hall–Kier alpha value is -2.44. The lowest BCUT2D eigenvalue weighted by molar-refractivity contribution is 0.102. The number of rotatable bonds is 8. The molecule has 1 aromatic carbocycles. The van der Waals surface area contributed by atoms with Crippen LogP contribution in [0.15, 0.2) is 46.0 Å². The second-order valence-electron chi connectivity index (χ2n) is 8.34. The zero-order valence-corrected chi connectivity index (χ0v) is 21.2. The van der Waals surface area contributed by atoms with E-state index in [1.54, 1.807) is 28.0 Å². The summed E-state index contributed by atoms with van der Waals surface area (Å²) in [7, 11) is 1.87. The first-order valence-corrected chi connectivity index (χ1v) is 13.6. The van der Waals surface area contributed by atoms with Crippen molar-refractivity contribution in [3.63, 3.8) is 0 Å². The number of nitrogens with one attached hydrogen (secondary N) is 2. The van der Waals surface area contributed by atoms with Gasteiger partial charge in [-0.05, 0) is 79.5 Å². The Balaban J connectivity index is 1.21. The van der Waals surface area contributed by atoms with Gasteiger partial charge in [0, 0.05) is 25.9 Å². The minimum atomic E-state index is -0.258. The Morgan fingerprint density at radius 2 is 2.12 bits per heavy atom. The van der Waals surface area contributed by atoms with Crippen LogP contribution in [0.5, 0.6) is 0 Å². The second kappa shape index (κ2) is 10.4. The highest BCUT2D eigenvalue weighted by Crippen LogP contribution is 2.31. The third kappa shape index (κ3) is 5.44. The molecule has 1 amide bonds. The van der Waals surface area contributed by atoms with Crippen molar-refractivity contribution in [3.05, 3.63) is 53.2 Å². The van der Waals surface area contributed by atoms with Crippen LogP contribution in [0.4, 0.5) is 10.8 Å². The van der Waals surface area contributed by atoms with E-state index in [4.69, 9.17) is 0 Å². The van der Waals surface area contributed by atoms with Gasteiger partial charge in [0.1, 0.15) is 0 Å². The Morgan fingerprint density at radius 1 is 1.26 bits per heavy atom. The number of likely N-dealkylation sites (tertiary alicyclic amines) is 1. The lowest BCUT2D eigenvalue weighted by Gasteiger charge is -2.30. The number of aliphatic hydroxyl groups is 1. The fourth-order valence-electron chi connectivity index (χ4n) is 3.95. The molecule has 0 unspecified atom stereocenters. The zero-order valence-electron chi connectivity index (χ0n) is 18.7. The first-order valence-electron chi connectivity index (χ1n) is 11.1. The number of hydrogen-bond acceptors (Lipinski definition) is 9. The number of nitrogens with zero attached hydrogens (tertiary/aromatic N) is 4. The Kier molecular flexibility index (Phi) is 7.16. The van der Waals surface area contributed by atoms with E-state index in [1.165, 1.54) is 15.5 Å². The van der Waals surface area contributed by atoms with Gasteiger partial charge < -0.3 is 9.83 Å². The van der Waals surface area contributed by atoms with Gasteiger partial charge in [-0.2, -0.15) is 5.10 Å². The lowest BCUT2D eigenvalue weighted by Crippen LogP contribution is -2.34. The first kappa shape index (κ1) is 23.3. The summed E-state index contributed by atoms with van der Waals surface area (Å²) in [6.45, 7) is 2.91. The molecule has 0 saturated carbocycles. The number of thiazole rings is 1. The van der Waals surface area contributed by atoms with Crippen LogP contribution in [0.3, 0.4) is 0 Å². The highest BCUT2D eigenvalue weighted by molar-refractivity contribution is 8.02. The van der Waals surface area contributed by atoms with Crippen LogP contribution in [0.1, 0.15) is 29.0 Å². The van der Waals surface area contributed by atoms with Crippen LogP contribution < -0.4 is 10.0 Å². The minimum Gasteiger partial charge on any atom is -0.396 e. The molecule has 0 radical (unpaired) electrons. The molecular weight excluding hydrogens is 488 g/mol. The second-order valence-corrected chi connectivity index (χ2v) is 11.4. The van der Waals surface area contributed by atoms with Gasteiger partial charge in [-0.15, -0.1) is 11.3 Å². The zero-order chi connectivity index (χ0) is 23.5. The third-order valence-electron chi connectivity index (χ3n) is 5.93. The van der Waals surface area contributed by atoms with Gasteiger partial charge in [-0.3, -0.25) is 19.7 Å². The molecule has 5 rings (SSSR count). The smallest absolute Gasteiger partial charge is 0.277 e. The first-order chi connectivity index (χ1) is 16.6. The molecule has 0 bridgehead atoms. The molecule has 0 atom stereocenters. The molecule has 1 fully saturated rings. The van der Waals surface area contributed by atoms with Crippen LogP contribution in [0.25, 0.3) is 10.2 Å². The standard InChI is InChI=1S/C23H26N6O2S3/c1-28-17(13-29-8-6-15(14-30)7-9-29)12-19(26-28)22(31)25-23-24-18-5-4-16(11-20(18)33-23)27-34-21-3-2-10-32-21/h2-5,10-12,15,27,30H,6-9,13-14H2,1H3,(H,24,25,31). The van der Waals surface area contributed by atoms with Crippen LogP contribution in [0, 0.1) is 5.92 Å². The number of amides is 1. The molecule has 3 N–H and O–H groups in total. The van der Waals surface area contributed by atoms with Crippen molar-refractivity contribution in [1.29, 1.82) is 0 Å². The Bertz CT molecular complexity index is 1260. The van der Waals surface area contributed by atoms with Gasteiger partial charge in [0.15, 0.2) is 10.8 Å². The molecule has 4 heterocycles. The number of anilines is 2. The number of piperidine rings is 1. The van der Waals surface area contributed by atoms with E-state index in [9.17, 15) is 9.90 Å². The average Bonchev–Trinajstić information content (AvgIpc) is 3.58. The van der Waals surface area contributed by atoms with E-state index in [0.717, 1.165) is 54.1 Å². The van der Waals surface area contributed by atoms with E-state index < -0.39 is 0 Å². The predicted octanol–water partition coefficient (Wildman–Crippen LogP) is 4.67. The monoisotopic (exact) mass is 514 g/mol. The number of aryl methyl sites for hydroxylation is 1. The van der Waals surface area contributed by atoms with E-state index in [0.29, 0.717) is 16.7 Å². The summed E-state index contributed by atoms with van der Waals surface area (Å²) < 4.78 is 7.32. The topological polar surface area (TPSA) is 95.3 Å². The quantitative estimate of drug-likeness (QED) is 0.294. The van der Waals surface area contributed by atoms with Crippen molar-refractivity contribution in [2.24, 2.45) is 13.0 Å². The molecule has 178 valence electrons. The number of hydrogen-bond donors (Lipinski definition) is 3. The number of aromatic nitrogens is 3. The van der Waals surface area contributed by atoms with Crippen molar-refractivity contribution in [2.75, 3.05) is 29.7 Å². The molecule has 0 aliphatic carbocycles. The molecule has 34 heavy (non-hydrogen) atoms. The average molecular weight is 515 g/mol. The fourth-order valence-corrected chi connectivity index (χ4v) is 6.28. The van der Waals surface area contributed by atoms with Gasteiger partial charge in [0.05, 0.1) is 20.1 Å². The van der Waals surface area contributed by atoms with Crippen LogP contribution in [-0.4, -0.2) is 50.4 Å². The molecular formula is C23H26N6O2S3. The number of benzene rings is 1. The summed E-state index contributed by atoms with van der Waals surface area (Å²) in [6, 6.07) is 11.9. The molecule has 11 heteroatoms. The van der Waals surface area contributed by atoms with E-state index in [2.05, 4.69) is 36.5 Å². The SMILES string of the molecule is Cn1nc(C(=O)Nc2nc3ccc(NSc4cccs4)cc3s2)cc1CN1CCC(CO)CC1. The number of thiophene rings is 1. The normalized spacial score (nSPS) is 15.1. The van der Waals surface area contributed by atoms with E-state index in [-0.39, 0.29) is 12.5 Å². The highest BCUT2D eigenvalue weighted by atomic mass is 32.2. The predicted molar refractivity (Wildman–Crippen MR) is 140 cm³/mol. The molecule has 1 saturated heterocycles. The summed E-state index contributed by atoms with van der Waals surface area (Å²) in [5.74, 6) is 0.149. The highest BCUT2D eigenvalue weighted by Gasteiger charge is 2.21. The molecule has 1 aliphatic rings.